The number of aliphatic hydroxyl groups excluding tert-OH is 1. The molecule has 0 aromatic rings. The van der Waals surface area contributed by atoms with Crippen LogP contribution in [0.5, 0.6) is 0 Å². The smallest absolute Gasteiger partial charge is 0.281 e. The fraction of sp³-hybridized carbons (Fsp3) is 0.909. The minimum Gasteiger partial charge on any atom is -0.393 e. The summed E-state index contributed by atoms with van der Waals surface area (Å²) in [7, 11) is 0. The number of thioether (sulfide) groups is 1. The van der Waals surface area contributed by atoms with Gasteiger partial charge < -0.3 is 10.0 Å². The van der Waals surface area contributed by atoms with Gasteiger partial charge in [0.25, 0.3) is 5.24 Å². The summed E-state index contributed by atoms with van der Waals surface area (Å²) in [5, 5.41) is 9.76. The third kappa shape index (κ3) is 3.68. The topological polar surface area (TPSA) is 40.5 Å². The Morgan fingerprint density at radius 2 is 2.20 bits per heavy atom. The highest BCUT2D eigenvalue weighted by atomic mass is 32.2. The van der Waals surface area contributed by atoms with Gasteiger partial charge in [0, 0.05) is 12.6 Å². The van der Waals surface area contributed by atoms with Crippen molar-refractivity contribution in [2.24, 2.45) is 0 Å². The minimum absolute atomic E-state index is 0.166. The molecule has 1 aliphatic rings. The molecule has 0 radical (unpaired) electrons. The monoisotopic (exact) mass is 231 g/mol. The molecular formula is C11H21NO2S. The maximum atomic E-state index is 11.8. The van der Waals surface area contributed by atoms with E-state index in [1.165, 1.54) is 11.8 Å². The zero-order chi connectivity index (χ0) is 11.3. The van der Waals surface area contributed by atoms with Crippen LogP contribution in [0.1, 0.15) is 39.5 Å². The largest absolute Gasteiger partial charge is 0.393 e. The third-order valence-corrected chi connectivity index (χ3v) is 3.67. The summed E-state index contributed by atoms with van der Waals surface area (Å²) >= 11 is 1.36. The Balaban J connectivity index is 2.52. The van der Waals surface area contributed by atoms with E-state index in [9.17, 15) is 9.90 Å². The van der Waals surface area contributed by atoms with E-state index in [-0.39, 0.29) is 17.4 Å². The molecule has 0 aromatic carbocycles. The maximum absolute atomic E-state index is 11.8. The number of nitrogens with zero attached hydrogens (tertiary/aromatic N) is 1. The van der Waals surface area contributed by atoms with Gasteiger partial charge in [-0.25, -0.2) is 0 Å². The lowest BCUT2D eigenvalue weighted by Gasteiger charge is -2.35. The molecule has 4 heteroatoms. The van der Waals surface area contributed by atoms with E-state index >= 15 is 0 Å². The molecule has 1 rings (SSSR count). The SMILES string of the molecule is CCSC(=O)N(CC)[C@@H]1CCC[C@H](O)C1. The molecule has 0 heterocycles. The van der Waals surface area contributed by atoms with E-state index in [1.807, 2.05) is 18.7 Å². The Morgan fingerprint density at radius 1 is 1.47 bits per heavy atom. The van der Waals surface area contributed by atoms with Crippen LogP contribution in [0.4, 0.5) is 4.79 Å². The lowest BCUT2D eigenvalue weighted by Crippen LogP contribution is -2.42. The number of amides is 1. The molecule has 0 aromatic heterocycles. The van der Waals surface area contributed by atoms with E-state index < -0.39 is 0 Å². The molecule has 1 amide bonds. The summed E-state index contributed by atoms with van der Waals surface area (Å²) in [5.41, 5.74) is 0. The van der Waals surface area contributed by atoms with Crippen molar-refractivity contribution in [1.82, 2.24) is 4.90 Å². The molecule has 1 aliphatic carbocycles. The number of carbonyl (C=O) groups excluding carboxylic acids is 1. The molecule has 0 unspecified atom stereocenters. The first-order valence-corrected chi connectivity index (χ1v) is 6.79. The molecule has 0 bridgehead atoms. The number of hydrogen-bond donors (Lipinski definition) is 1. The average Bonchev–Trinajstić information content (AvgIpc) is 2.19. The predicted molar refractivity (Wildman–Crippen MR) is 64.2 cm³/mol. The first kappa shape index (κ1) is 12.8. The van der Waals surface area contributed by atoms with Crippen molar-refractivity contribution in [3.05, 3.63) is 0 Å². The number of carbonyl (C=O) groups is 1. The van der Waals surface area contributed by atoms with Gasteiger partial charge >= 0.3 is 0 Å². The van der Waals surface area contributed by atoms with Crippen molar-refractivity contribution in [2.45, 2.75) is 51.7 Å². The van der Waals surface area contributed by atoms with Gasteiger partial charge in [0.05, 0.1) is 6.10 Å². The van der Waals surface area contributed by atoms with Crippen molar-refractivity contribution in [1.29, 1.82) is 0 Å². The Labute approximate surface area is 96.2 Å². The fourth-order valence-electron chi connectivity index (χ4n) is 2.16. The lowest BCUT2D eigenvalue weighted by molar-refractivity contribution is 0.0814. The first-order valence-electron chi connectivity index (χ1n) is 5.80. The van der Waals surface area contributed by atoms with Gasteiger partial charge in [-0.3, -0.25) is 4.79 Å². The highest BCUT2D eigenvalue weighted by Crippen LogP contribution is 2.25. The summed E-state index contributed by atoms with van der Waals surface area (Å²) in [4.78, 5) is 13.7. The van der Waals surface area contributed by atoms with Crippen molar-refractivity contribution in [3.63, 3.8) is 0 Å². The van der Waals surface area contributed by atoms with Crippen molar-refractivity contribution in [2.75, 3.05) is 12.3 Å². The zero-order valence-electron chi connectivity index (χ0n) is 9.61. The van der Waals surface area contributed by atoms with Crippen LogP contribution in [0.3, 0.4) is 0 Å². The van der Waals surface area contributed by atoms with Crippen molar-refractivity contribution < 1.29 is 9.90 Å². The zero-order valence-corrected chi connectivity index (χ0v) is 10.4. The van der Waals surface area contributed by atoms with Crippen LogP contribution in [0.2, 0.25) is 0 Å². The molecule has 1 saturated carbocycles. The maximum Gasteiger partial charge on any atom is 0.281 e. The minimum atomic E-state index is -0.211. The van der Waals surface area contributed by atoms with E-state index in [2.05, 4.69) is 0 Å². The standard InChI is InChI=1S/C11H21NO2S/c1-3-12(11(14)15-4-2)9-6-5-7-10(13)8-9/h9-10,13H,3-8H2,1-2H3/t9-,10+/m1/s1. The Morgan fingerprint density at radius 3 is 2.73 bits per heavy atom. The van der Waals surface area contributed by atoms with E-state index in [0.717, 1.165) is 38.0 Å². The van der Waals surface area contributed by atoms with Gasteiger partial charge in [0.1, 0.15) is 0 Å². The lowest BCUT2D eigenvalue weighted by atomic mass is 9.92. The molecule has 2 atom stereocenters. The van der Waals surface area contributed by atoms with Crippen LogP contribution >= 0.6 is 11.8 Å². The van der Waals surface area contributed by atoms with Crippen LogP contribution in [0.25, 0.3) is 0 Å². The summed E-state index contributed by atoms with van der Waals surface area (Å²) in [6.07, 6.45) is 3.51. The van der Waals surface area contributed by atoms with E-state index in [4.69, 9.17) is 0 Å². The quantitative estimate of drug-likeness (QED) is 0.811. The Hall–Kier alpha value is -0.220. The van der Waals surface area contributed by atoms with Gasteiger partial charge in [-0.05, 0) is 38.4 Å². The molecule has 0 aliphatic heterocycles. The number of hydrogen-bond acceptors (Lipinski definition) is 3. The highest BCUT2D eigenvalue weighted by molar-refractivity contribution is 8.13. The fourth-order valence-corrected chi connectivity index (χ4v) is 2.86. The van der Waals surface area contributed by atoms with Crippen LogP contribution in [0, 0.1) is 0 Å². The molecular weight excluding hydrogens is 210 g/mol. The molecule has 0 spiro atoms. The molecule has 3 nitrogen and oxygen atoms in total. The van der Waals surface area contributed by atoms with Gasteiger partial charge in [0.15, 0.2) is 0 Å². The molecule has 1 N–H and O–H groups in total. The van der Waals surface area contributed by atoms with Gasteiger partial charge in [0.2, 0.25) is 0 Å². The Bertz CT molecular complexity index is 211. The molecule has 15 heavy (non-hydrogen) atoms. The predicted octanol–water partition coefficient (Wildman–Crippen LogP) is 2.48. The van der Waals surface area contributed by atoms with Crippen molar-refractivity contribution in [3.8, 4) is 0 Å². The summed E-state index contributed by atoms with van der Waals surface area (Å²) in [6, 6.07) is 0.255. The van der Waals surface area contributed by atoms with Gasteiger partial charge in [-0.1, -0.05) is 18.7 Å². The normalized spacial score (nSPS) is 26.3. The summed E-state index contributed by atoms with van der Waals surface area (Å²) in [6.45, 7) is 4.75. The van der Waals surface area contributed by atoms with Gasteiger partial charge in [-0.15, -0.1) is 0 Å². The van der Waals surface area contributed by atoms with E-state index in [1.54, 1.807) is 0 Å². The second kappa shape index (κ2) is 6.38. The Kier molecular flexibility index (Phi) is 5.47. The molecule has 1 fully saturated rings. The molecule has 0 saturated heterocycles. The summed E-state index contributed by atoms with van der Waals surface area (Å²) in [5.74, 6) is 0.824. The van der Waals surface area contributed by atoms with E-state index in [0.29, 0.717) is 0 Å². The van der Waals surface area contributed by atoms with Crippen LogP contribution < -0.4 is 0 Å². The van der Waals surface area contributed by atoms with Crippen LogP contribution in [-0.2, 0) is 0 Å². The van der Waals surface area contributed by atoms with Crippen LogP contribution in [0.15, 0.2) is 0 Å². The number of aliphatic hydroxyl groups is 1. The third-order valence-electron chi connectivity index (χ3n) is 2.90. The second-order valence-electron chi connectivity index (χ2n) is 3.96. The average molecular weight is 231 g/mol. The molecule has 88 valence electrons. The van der Waals surface area contributed by atoms with Crippen molar-refractivity contribution >= 4 is 17.0 Å². The summed E-state index contributed by atoms with van der Waals surface area (Å²) < 4.78 is 0. The second-order valence-corrected chi connectivity index (χ2v) is 5.17. The van der Waals surface area contributed by atoms with Gasteiger partial charge in [-0.2, -0.15) is 0 Å². The highest BCUT2D eigenvalue weighted by Gasteiger charge is 2.27. The van der Waals surface area contributed by atoms with Crippen LogP contribution in [-0.4, -0.2) is 39.7 Å². The number of rotatable bonds is 3. The first-order chi connectivity index (χ1) is 7.19.